The fourth-order valence-electron chi connectivity index (χ4n) is 2.65. The van der Waals surface area contributed by atoms with E-state index >= 15 is 0 Å². The zero-order valence-corrected chi connectivity index (χ0v) is 16.6. The third kappa shape index (κ3) is 5.20. The summed E-state index contributed by atoms with van der Waals surface area (Å²) in [7, 11) is 3.06. The Morgan fingerprint density at radius 3 is 2.76 bits per heavy atom. The number of anilines is 2. The Kier molecular flexibility index (Phi) is 6.25. The minimum absolute atomic E-state index is 0.0647. The van der Waals surface area contributed by atoms with Gasteiger partial charge in [-0.25, -0.2) is 0 Å². The highest BCUT2D eigenvalue weighted by molar-refractivity contribution is 7.80. The summed E-state index contributed by atoms with van der Waals surface area (Å²) in [5.41, 5.74) is 2.20. The Morgan fingerprint density at radius 1 is 1.21 bits per heavy atom. The van der Waals surface area contributed by atoms with Crippen LogP contribution < -0.4 is 20.1 Å². The molecule has 0 aliphatic carbocycles. The van der Waals surface area contributed by atoms with E-state index in [0.29, 0.717) is 28.8 Å². The number of methoxy groups -OCH3 is 2. The van der Waals surface area contributed by atoms with Crippen LogP contribution in [-0.2, 0) is 6.54 Å². The number of nitrogens with zero attached hydrogens (tertiary/aromatic N) is 3. The van der Waals surface area contributed by atoms with Crippen LogP contribution in [0.1, 0.15) is 5.56 Å². The fourth-order valence-corrected chi connectivity index (χ4v) is 2.88. The smallest absolute Gasteiger partial charge is 0.273 e. The van der Waals surface area contributed by atoms with Gasteiger partial charge in [0.1, 0.15) is 11.5 Å². The molecule has 0 atom stereocenters. The number of hydrogen-bond donors (Lipinski definition) is 2. The topological polar surface area (TPSA) is 103 Å². The Bertz CT molecular complexity index is 1040. The van der Waals surface area contributed by atoms with E-state index in [2.05, 4.69) is 15.7 Å². The van der Waals surface area contributed by atoms with Crippen LogP contribution in [0.5, 0.6) is 11.5 Å². The first-order valence-electron chi connectivity index (χ1n) is 8.54. The second-order valence-electron chi connectivity index (χ2n) is 6.00. The van der Waals surface area contributed by atoms with E-state index in [1.807, 2.05) is 30.5 Å². The Balaban J connectivity index is 1.64. The molecule has 0 radical (unpaired) electrons. The highest BCUT2D eigenvalue weighted by Crippen LogP contribution is 2.29. The predicted molar refractivity (Wildman–Crippen MR) is 114 cm³/mol. The lowest BCUT2D eigenvalue weighted by atomic mass is 10.2. The first kappa shape index (κ1) is 20.1. The molecule has 0 aliphatic rings. The van der Waals surface area contributed by atoms with Crippen LogP contribution in [0, 0.1) is 10.1 Å². The number of nitro benzene ring substituents is 1. The minimum Gasteiger partial charge on any atom is -0.497 e. The first-order chi connectivity index (χ1) is 14.0. The maximum atomic E-state index is 10.9. The standard InChI is InChI=1S/C19H19N5O4S/c1-27-16-5-3-4-13(8-16)11-23-12-14(10-20-23)21-19(29)22-17-7-6-15(24(25)26)9-18(17)28-2/h3-10,12H,11H2,1-2H3,(H2,21,22,29). The van der Waals surface area contributed by atoms with E-state index in [4.69, 9.17) is 21.7 Å². The number of thiocarbonyl (C=S) groups is 1. The molecule has 1 aromatic heterocycles. The summed E-state index contributed by atoms with van der Waals surface area (Å²) in [6, 6.07) is 12.0. The quantitative estimate of drug-likeness (QED) is 0.344. The van der Waals surface area contributed by atoms with E-state index < -0.39 is 4.92 Å². The van der Waals surface area contributed by atoms with Gasteiger partial charge in [-0.05, 0) is 36.0 Å². The third-order valence-corrected chi connectivity index (χ3v) is 4.22. The van der Waals surface area contributed by atoms with Gasteiger partial charge in [0.2, 0.25) is 0 Å². The number of benzene rings is 2. The van der Waals surface area contributed by atoms with Crippen LogP contribution >= 0.6 is 12.2 Å². The van der Waals surface area contributed by atoms with Gasteiger partial charge in [-0.2, -0.15) is 5.10 Å². The Hall–Kier alpha value is -3.66. The molecule has 0 spiro atoms. The number of hydrogen-bond acceptors (Lipinski definition) is 6. The zero-order valence-electron chi connectivity index (χ0n) is 15.8. The van der Waals surface area contributed by atoms with E-state index in [1.165, 1.54) is 25.3 Å². The molecule has 2 aromatic carbocycles. The van der Waals surface area contributed by atoms with Crippen LogP contribution in [0.3, 0.4) is 0 Å². The predicted octanol–water partition coefficient (Wildman–Crippen LogP) is 3.67. The van der Waals surface area contributed by atoms with Crippen LogP contribution in [-0.4, -0.2) is 34.0 Å². The number of rotatable bonds is 7. The molecule has 1 heterocycles. The molecule has 0 aliphatic heterocycles. The van der Waals surface area contributed by atoms with Crippen molar-refractivity contribution in [1.82, 2.24) is 9.78 Å². The van der Waals surface area contributed by atoms with E-state index in [9.17, 15) is 10.1 Å². The lowest BCUT2D eigenvalue weighted by Crippen LogP contribution is -2.19. The monoisotopic (exact) mass is 413 g/mol. The highest BCUT2D eigenvalue weighted by Gasteiger charge is 2.12. The molecule has 3 rings (SSSR count). The average Bonchev–Trinajstić information content (AvgIpc) is 3.14. The number of nitrogens with one attached hydrogen (secondary N) is 2. The van der Waals surface area contributed by atoms with Crippen molar-refractivity contribution in [2.45, 2.75) is 6.54 Å². The van der Waals surface area contributed by atoms with Crippen molar-refractivity contribution in [1.29, 1.82) is 0 Å². The largest absolute Gasteiger partial charge is 0.497 e. The Morgan fingerprint density at radius 2 is 2.03 bits per heavy atom. The van der Waals surface area contributed by atoms with Crippen molar-refractivity contribution in [3.63, 3.8) is 0 Å². The van der Waals surface area contributed by atoms with Gasteiger partial charge in [0, 0.05) is 12.3 Å². The third-order valence-electron chi connectivity index (χ3n) is 4.01. The summed E-state index contributed by atoms with van der Waals surface area (Å²) in [6.07, 6.45) is 3.47. The van der Waals surface area contributed by atoms with Gasteiger partial charge in [0.05, 0.1) is 49.3 Å². The van der Waals surface area contributed by atoms with Crippen molar-refractivity contribution in [2.24, 2.45) is 0 Å². The minimum atomic E-state index is -0.487. The van der Waals surface area contributed by atoms with Crippen LogP contribution in [0.15, 0.2) is 54.9 Å². The van der Waals surface area contributed by atoms with Gasteiger partial charge in [-0.3, -0.25) is 14.8 Å². The molecule has 10 heteroatoms. The van der Waals surface area contributed by atoms with Crippen molar-refractivity contribution in [2.75, 3.05) is 24.9 Å². The van der Waals surface area contributed by atoms with Crippen LogP contribution in [0.4, 0.5) is 17.1 Å². The molecule has 0 amide bonds. The number of aromatic nitrogens is 2. The maximum Gasteiger partial charge on any atom is 0.273 e. The molecule has 0 saturated heterocycles. The van der Waals surface area contributed by atoms with E-state index in [0.717, 1.165) is 11.3 Å². The first-order valence-corrected chi connectivity index (χ1v) is 8.95. The van der Waals surface area contributed by atoms with Crippen molar-refractivity contribution in [3.8, 4) is 11.5 Å². The summed E-state index contributed by atoms with van der Waals surface area (Å²) >= 11 is 5.32. The summed E-state index contributed by atoms with van der Waals surface area (Å²) < 4.78 is 12.2. The molecular formula is C19H19N5O4S. The second kappa shape index (κ2) is 9.02. The zero-order chi connectivity index (χ0) is 20.8. The van der Waals surface area contributed by atoms with Gasteiger partial charge < -0.3 is 20.1 Å². The number of nitro groups is 1. The highest BCUT2D eigenvalue weighted by atomic mass is 32.1. The van der Waals surface area contributed by atoms with Crippen LogP contribution in [0.25, 0.3) is 0 Å². The molecule has 0 saturated carbocycles. The summed E-state index contributed by atoms with van der Waals surface area (Å²) in [5, 5.41) is 21.5. The lowest BCUT2D eigenvalue weighted by molar-refractivity contribution is -0.384. The number of ether oxygens (including phenoxy) is 2. The normalized spacial score (nSPS) is 10.3. The molecule has 29 heavy (non-hydrogen) atoms. The van der Waals surface area contributed by atoms with Crippen molar-refractivity contribution >= 4 is 34.4 Å². The SMILES string of the molecule is COc1cccc(Cn2cc(NC(=S)Nc3ccc([N+](=O)[O-])cc3OC)cn2)c1. The summed E-state index contributed by atoms with van der Waals surface area (Å²) in [5.74, 6) is 1.10. The molecule has 0 unspecified atom stereocenters. The van der Waals surface area contributed by atoms with Crippen molar-refractivity contribution < 1.29 is 14.4 Å². The molecule has 9 nitrogen and oxygen atoms in total. The molecular weight excluding hydrogens is 394 g/mol. The molecule has 2 N–H and O–H groups in total. The van der Waals surface area contributed by atoms with Gasteiger partial charge >= 0.3 is 0 Å². The number of non-ortho nitro benzene ring substituents is 1. The molecule has 3 aromatic rings. The van der Waals surface area contributed by atoms with E-state index in [-0.39, 0.29) is 5.69 Å². The molecule has 0 bridgehead atoms. The maximum absolute atomic E-state index is 10.9. The average molecular weight is 413 g/mol. The van der Waals surface area contributed by atoms with Crippen LogP contribution in [0.2, 0.25) is 0 Å². The molecule has 0 fully saturated rings. The summed E-state index contributed by atoms with van der Waals surface area (Å²) in [6.45, 7) is 0.579. The van der Waals surface area contributed by atoms with E-state index in [1.54, 1.807) is 18.0 Å². The van der Waals surface area contributed by atoms with Crippen molar-refractivity contribution in [3.05, 3.63) is 70.5 Å². The summed E-state index contributed by atoms with van der Waals surface area (Å²) in [4.78, 5) is 10.4. The van der Waals surface area contributed by atoms with Gasteiger partial charge in [0.25, 0.3) is 5.69 Å². The Labute approximate surface area is 172 Å². The van der Waals surface area contributed by atoms with Gasteiger partial charge in [-0.15, -0.1) is 0 Å². The second-order valence-corrected chi connectivity index (χ2v) is 6.41. The van der Waals surface area contributed by atoms with Gasteiger partial charge in [-0.1, -0.05) is 12.1 Å². The molecule has 150 valence electrons. The fraction of sp³-hybridized carbons (Fsp3) is 0.158. The van der Waals surface area contributed by atoms with Gasteiger partial charge in [0.15, 0.2) is 5.11 Å². The lowest BCUT2D eigenvalue weighted by Gasteiger charge is -2.12.